The van der Waals surface area contributed by atoms with Gasteiger partial charge in [0.2, 0.25) is 0 Å². The molecule has 0 heterocycles. The van der Waals surface area contributed by atoms with Gasteiger partial charge < -0.3 is 24.8 Å². The second-order valence-electron chi connectivity index (χ2n) is 8.11. The SMILES string of the molecule is COc1cc(CNc2ccc(Oc3ccccc3)cc2)cc(Cl)c1OCC(=O)Nc1cccc(C)c1. The van der Waals surface area contributed by atoms with Crippen LogP contribution in [-0.4, -0.2) is 19.6 Å². The molecule has 0 fully saturated rings. The number of halogens is 1. The molecule has 0 aliphatic rings. The van der Waals surface area contributed by atoms with Crippen molar-refractivity contribution in [3.8, 4) is 23.0 Å². The largest absolute Gasteiger partial charge is 0.493 e. The van der Waals surface area contributed by atoms with Gasteiger partial charge in [0.05, 0.1) is 12.1 Å². The fourth-order valence-corrected chi connectivity index (χ4v) is 3.83. The first-order chi connectivity index (χ1) is 17.5. The first kappa shape index (κ1) is 24.9. The molecular formula is C29H27ClN2O4. The van der Waals surface area contributed by atoms with Crippen molar-refractivity contribution in [3.05, 3.63) is 107 Å². The third-order valence-corrected chi connectivity index (χ3v) is 5.55. The van der Waals surface area contributed by atoms with Gasteiger partial charge in [-0.15, -0.1) is 0 Å². The Bertz CT molecular complexity index is 1310. The molecular weight excluding hydrogens is 476 g/mol. The molecule has 0 aromatic heterocycles. The smallest absolute Gasteiger partial charge is 0.262 e. The van der Waals surface area contributed by atoms with Crippen LogP contribution in [0, 0.1) is 6.92 Å². The van der Waals surface area contributed by atoms with E-state index in [-0.39, 0.29) is 12.5 Å². The van der Waals surface area contributed by atoms with E-state index in [2.05, 4.69) is 10.6 Å². The Morgan fingerprint density at radius 3 is 2.33 bits per heavy atom. The molecule has 0 aliphatic heterocycles. The number of carbonyl (C=O) groups is 1. The standard InChI is InChI=1S/C29H27ClN2O4/c1-20-7-6-8-23(15-20)32-28(33)19-35-29-26(30)16-21(17-27(29)34-2)18-31-22-11-13-25(14-12-22)36-24-9-4-3-5-10-24/h3-17,31H,18-19H2,1-2H3,(H,32,33). The van der Waals surface area contributed by atoms with Crippen LogP contribution in [0.3, 0.4) is 0 Å². The van der Waals surface area contributed by atoms with Gasteiger partial charge in [0.1, 0.15) is 11.5 Å². The molecule has 6 nitrogen and oxygen atoms in total. The van der Waals surface area contributed by atoms with Crippen molar-refractivity contribution in [1.82, 2.24) is 0 Å². The lowest BCUT2D eigenvalue weighted by atomic mass is 10.2. The Kier molecular flexibility index (Phi) is 8.32. The third kappa shape index (κ3) is 6.93. The molecule has 0 aliphatic carbocycles. The van der Waals surface area contributed by atoms with Gasteiger partial charge in [0, 0.05) is 17.9 Å². The maximum Gasteiger partial charge on any atom is 0.262 e. The summed E-state index contributed by atoms with van der Waals surface area (Å²) in [6.45, 7) is 2.28. The van der Waals surface area contributed by atoms with Crippen molar-refractivity contribution < 1.29 is 19.0 Å². The Morgan fingerprint density at radius 1 is 0.861 bits per heavy atom. The summed E-state index contributed by atoms with van der Waals surface area (Å²) in [4.78, 5) is 12.3. The molecule has 0 radical (unpaired) electrons. The van der Waals surface area contributed by atoms with Gasteiger partial charge in [-0.05, 0) is 78.7 Å². The number of methoxy groups -OCH3 is 1. The monoisotopic (exact) mass is 502 g/mol. The number of amides is 1. The lowest BCUT2D eigenvalue weighted by Gasteiger charge is -2.15. The average Bonchev–Trinajstić information content (AvgIpc) is 2.88. The Hall–Kier alpha value is -4.16. The zero-order chi connectivity index (χ0) is 25.3. The fourth-order valence-electron chi connectivity index (χ4n) is 3.54. The Labute approximate surface area is 215 Å². The van der Waals surface area contributed by atoms with Crippen LogP contribution in [0.4, 0.5) is 11.4 Å². The second-order valence-corrected chi connectivity index (χ2v) is 8.52. The summed E-state index contributed by atoms with van der Waals surface area (Å²) in [5, 5.41) is 6.53. The zero-order valence-electron chi connectivity index (χ0n) is 20.1. The zero-order valence-corrected chi connectivity index (χ0v) is 20.8. The van der Waals surface area contributed by atoms with E-state index in [0.717, 1.165) is 28.3 Å². The molecule has 4 rings (SSSR count). The number of nitrogens with one attached hydrogen (secondary N) is 2. The number of rotatable bonds is 10. The second kappa shape index (κ2) is 12.0. The van der Waals surface area contributed by atoms with Gasteiger partial charge in [-0.2, -0.15) is 0 Å². The van der Waals surface area contributed by atoms with E-state index in [9.17, 15) is 4.79 Å². The van der Waals surface area contributed by atoms with Crippen LogP contribution in [0.1, 0.15) is 11.1 Å². The Balaban J connectivity index is 1.34. The molecule has 1 amide bonds. The molecule has 0 bridgehead atoms. The summed E-state index contributed by atoms with van der Waals surface area (Å²) in [7, 11) is 1.54. The predicted molar refractivity (Wildman–Crippen MR) is 144 cm³/mol. The van der Waals surface area contributed by atoms with Crippen LogP contribution in [0.2, 0.25) is 5.02 Å². The minimum atomic E-state index is -0.288. The topological polar surface area (TPSA) is 68.8 Å². The van der Waals surface area contributed by atoms with Gasteiger partial charge in [0.15, 0.2) is 18.1 Å². The summed E-state index contributed by atoms with van der Waals surface area (Å²) in [6, 6.07) is 28.5. The van der Waals surface area contributed by atoms with E-state index in [1.54, 1.807) is 6.07 Å². The molecule has 36 heavy (non-hydrogen) atoms. The van der Waals surface area contributed by atoms with Crippen LogP contribution < -0.4 is 24.8 Å². The van der Waals surface area contributed by atoms with Crippen molar-refractivity contribution in [3.63, 3.8) is 0 Å². The summed E-state index contributed by atoms with van der Waals surface area (Å²) in [5.41, 5.74) is 3.60. The quantitative estimate of drug-likeness (QED) is 0.242. The molecule has 4 aromatic carbocycles. The number of hydrogen-bond acceptors (Lipinski definition) is 5. The highest BCUT2D eigenvalue weighted by Gasteiger charge is 2.14. The number of hydrogen-bond donors (Lipinski definition) is 2. The maximum atomic E-state index is 12.3. The van der Waals surface area contributed by atoms with Gasteiger partial charge >= 0.3 is 0 Å². The van der Waals surface area contributed by atoms with E-state index >= 15 is 0 Å². The highest BCUT2D eigenvalue weighted by Crippen LogP contribution is 2.36. The molecule has 4 aromatic rings. The van der Waals surface area contributed by atoms with Gasteiger partial charge in [-0.1, -0.05) is 41.9 Å². The molecule has 0 unspecified atom stereocenters. The van der Waals surface area contributed by atoms with Crippen molar-refractivity contribution in [1.29, 1.82) is 0 Å². The number of para-hydroxylation sites is 1. The summed E-state index contributed by atoms with van der Waals surface area (Å²) >= 11 is 6.48. The lowest BCUT2D eigenvalue weighted by Crippen LogP contribution is -2.20. The van der Waals surface area contributed by atoms with E-state index in [1.165, 1.54) is 7.11 Å². The highest BCUT2D eigenvalue weighted by molar-refractivity contribution is 6.32. The molecule has 0 atom stereocenters. The maximum absolute atomic E-state index is 12.3. The van der Waals surface area contributed by atoms with Crippen LogP contribution >= 0.6 is 11.6 Å². The van der Waals surface area contributed by atoms with E-state index in [4.69, 9.17) is 25.8 Å². The average molecular weight is 503 g/mol. The van der Waals surface area contributed by atoms with Gasteiger partial charge in [0.25, 0.3) is 5.91 Å². The number of ether oxygens (including phenoxy) is 3. The molecule has 184 valence electrons. The summed E-state index contributed by atoms with van der Waals surface area (Å²) in [5.74, 6) is 2.03. The fraction of sp³-hybridized carbons (Fsp3) is 0.138. The van der Waals surface area contributed by atoms with Crippen molar-refractivity contribution >= 4 is 28.9 Å². The predicted octanol–water partition coefficient (Wildman–Crippen LogP) is 7.08. The van der Waals surface area contributed by atoms with Crippen molar-refractivity contribution in [2.24, 2.45) is 0 Å². The highest BCUT2D eigenvalue weighted by atomic mass is 35.5. The number of aryl methyl sites for hydroxylation is 1. The summed E-state index contributed by atoms with van der Waals surface area (Å²) in [6.07, 6.45) is 0. The number of anilines is 2. The first-order valence-electron chi connectivity index (χ1n) is 11.4. The third-order valence-electron chi connectivity index (χ3n) is 5.27. The van der Waals surface area contributed by atoms with Crippen LogP contribution in [0.15, 0.2) is 91.0 Å². The minimum Gasteiger partial charge on any atom is -0.493 e. The molecule has 7 heteroatoms. The van der Waals surface area contributed by atoms with Gasteiger partial charge in [-0.3, -0.25) is 4.79 Å². The van der Waals surface area contributed by atoms with E-state index in [0.29, 0.717) is 28.8 Å². The van der Waals surface area contributed by atoms with E-state index < -0.39 is 0 Å². The molecule has 2 N–H and O–H groups in total. The number of benzene rings is 4. The molecule has 0 saturated carbocycles. The minimum absolute atomic E-state index is 0.195. The molecule has 0 saturated heterocycles. The first-order valence-corrected chi connectivity index (χ1v) is 11.8. The lowest BCUT2D eigenvalue weighted by molar-refractivity contribution is -0.118. The van der Waals surface area contributed by atoms with Crippen LogP contribution in [-0.2, 0) is 11.3 Å². The van der Waals surface area contributed by atoms with Gasteiger partial charge in [-0.25, -0.2) is 0 Å². The van der Waals surface area contributed by atoms with Crippen molar-refractivity contribution in [2.45, 2.75) is 13.5 Å². The summed E-state index contributed by atoms with van der Waals surface area (Å²) < 4.78 is 17.0. The van der Waals surface area contributed by atoms with Crippen LogP contribution in [0.25, 0.3) is 0 Å². The molecule has 0 spiro atoms. The normalized spacial score (nSPS) is 10.4. The van der Waals surface area contributed by atoms with Crippen molar-refractivity contribution in [2.75, 3.05) is 24.4 Å². The Morgan fingerprint density at radius 2 is 1.61 bits per heavy atom. The van der Waals surface area contributed by atoms with Crippen LogP contribution in [0.5, 0.6) is 23.0 Å². The number of carbonyl (C=O) groups excluding carboxylic acids is 1. The van der Waals surface area contributed by atoms with E-state index in [1.807, 2.05) is 91.9 Å².